The van der Waals surface area contributed by atoms with E-state index in [0.29, 0.717) is 0 Å². The smallest absolute Gasteiger partial charge is 0.192 e. The van der Waals surface area contributed by atoms with E-state index in [0.717, 1.165) is 12.0 Å². The molecule has 0 aromatic carbocycles. The zero-order chi connectivity index (χ0) is 15.6. The van der Waals surface area contributed by atoms with E-state index < -0.39 is 19.5 Å². The number of aliphatic hydroxyl groups is 1. The summed E-state index contributed by atoms with van der Waals surface area (Å²) in [7, 11) is -1.50. The first-order valence-electron chi connectivity index (χ1n) is 7.90. The van der Waals surface area contributed by atoms with Gasteiger partial charge in [0.25, 0.3) is 0 Å². The molecule has 0 aromatic heterocycles. The number of ether oxygens (including phenoxy) is 2. The highest BCUT2D eigenvalue weighted by Gasteiger charge is 2.67. The number of hydrogen-bond acceptors (Lipinski definition) is 3. The molecule has 1 spiro atoms. The lowest BCUT2D eigenvalue weighted by molar-refractivity contribution is -0.162. The Morgan fingerprint density at radius 2 is 1.76 bits per heavy atom. The molecular weight excluding hydrogens is 280 g/mol. The molecule has 2 fully saturated rings. The van der Waals surface area contributed by atoms with Crippen molar-refractivity contribution in [3.8, 4) is 11.5 Å². The van der Waals surface area contributed by atoms with Crippen LogP contribution in [0, 0.1) is 23.3 Å². The summed E-state index contributed by atoms with van der Waals surface area (Å²) in [4.78, 5) is 0. The summed E-state index contributed by atoms with van der Waals surface area (Å²) in [5.41, 5.74) is 3.23. The van der Waals surface area contributed by atoms with Crippen LogP contribution in [0.25, 0.3) is 0 Å². The van der Waals surface area contributed by atoms with E-state index in [1.54, 1.807) is 0 Å². The molecule has 5 atom stereocenters. The van der Waals surface area contributed by atoms with Crippen LogP contribution in [0.5, 0.6) is 0 Å². The zero-order valence-electron chi connectivity index (χ0n) is 13.9. The van der Waals surface area contributed by atoms with Crippen molar-refractivity contribution >= 4 is 8.07 Å². The fourth-order valence-electron chi connectivity index (χ4n) is 3.43. The predicted octanol–water partition coefficient (Wildman–Crippen LogP) is 2.71. The van der Waals surface area contributed by atoms with Crippen molar-refractivity contribution in [1.82, 2.24) is 0 Å². The molecule has 1 N–H and O–H groups in total. The van der Waals surface area contributed by atoms with Crippen LogP contribution in [0.15, 0.2) is 11.6 Å². The maximum atomic E-state index is 11.1. The van der Waals surface area contributed by atoms with Crippen molar-refractivity contribution in [3.63, 3.8) is 0 Å². The minimum atomic E-state index is -1.50. The Labute approximate surface area is 128 Å². The average molecular weight is 306 g/mol. The fraction of sp³-hybridized carbons (Fsp3) is 0.765. The first-order valence-corrected chi connectivity index (χ1v) is 11.4. The molecule has 1 saturated heterocycles. The van der Waals surface area contributed by atoms with Crippen molar-refractivity contribution in [1.29, 1.82) is 0 Å². The van der Waals surface area contributed by atoms with Gasteiger partial charge in [-0.2, -0.15) is 0 Å². The van der Waals surface area contributed by atoms with Gasteiger partial charge in [-0.1, -0.05) is 25.6 Å². The SMILES string of the molecule is CC1=CC2(OC(C)C(C)O2)C2CC2C1(O)C#C[Si](C)(C)C. The molecule has 3 nitrogen and oxygen atoms in total. The lowest BCUT2D eigenvalue weighted by Crippen LogP contribution is -2.44. The third-order valence-corrected chi connectivity index (χ3v) is 5.77. The Morgan fingerprint density at radius 1 is 1.19 bits per heavy atom. The van der Waals surface area contributed by atoms with Gasteiger partial charge in [-0.15, -0.1) is 5.54 Å². The van der Waals surface area contributed by atoms with Gasteiger partial charge >= 0.3 is 0 Å². The standard InChI is InChI=1S/C17H26O3Si/c1-11-10-17(19-12(2)13(3)20-17)15-9-14(15)16(11,18)7-8-21(4,5)6/h10,12-15,18H,9H2,1-6H3. The van der Waals surface area contributed by atoms with E-state index in [-0.39, 0.29) is 24.0 Å². The second kappa shape index (κ2) is 4.45. The third kappa shape index (κ3) is 2.41. The summed E-state index contributed by atoms with van der Waals surface area (Å²) in [5, 5.41) is 11.1. The zero-order valence-corrected chi connectivity index (χ0v) is 14.9. The maximum absolute atomic E-state index is 11.1. The topological polar surface area (TPSA) is 38.7 Å². The van der Waals surface area contributed by atoms with Crippen LogP contribution in [0.1, 0.15) is 27.2 Å². The summed E-state index contributed by atoms with van der Waals surface area (Å²) in [6, 6.07) is 0. The van der Waals surface area contributed by atoms with Gasteiger partial charge in [0.05, 0.1) is 12.2 Å². The molecule has 0 aromatic rings. The van der Waals surface area contributed by atoms with Gasteiger partial charge in [0.15, 0.2) is 5.79 Å². The molecule has 116 valence electrons. The van der Waals surface area contributed by atoms with Crippen LogP contribution < -0.4 is 0 Å². The van der Waals surface area contributed by atoms with Crippen molar-refractivity contribution in [2.45, 2.75) is 70.4 Å². The first kappa shape index (κ1) is 15.3. The summed E-state index contributed by atoms with van der Waals surface area (Å²) in [5.74, 6) is 2.94. The molecular formula is C17H26O3Si. The molecule has 1 saturated carbocycles. The maximum Gasteiger partial charge on any atom is 0.192 e. The van der Waals surface area contributed by atoms with Gasteiger partial charge in [0.2, 0.25) is 0 Å². The normalized spacial score (nSPS) is 48.4. The van der Waals surface area contributed by atoms with Crippen molar-refractivity contribution in [2.24, 2.45) is 11.8 Å². The highest BCUT2D eigenvalue weighted by Crippen LogP contribution is 2.61. The summed E-state index contributed by atoms with van der Waals surface area (Å²) >= 11 is 0. The van der Waals surface area contributed by atoms with Crippen LogP contribution in [0.2, 0.25) is 19.6 Å². The van der Waals surface area contributed by atoms with Crippen LogP contribution in [0.3, 0.4) is 0 Å². The molecule has 21 heavy (non-hydrogen) atoms. The van der Waals surface area contributed by atoms with Crippen LogP contribution in [0.4, 0.5) is 0 Å². The van der Waals surface area contributed by atoms with E-state index in [1.165, 1.54) is 0 Å². The molecule has 0 amide bonds. The summed E-state index contributed by atoms with van der Waals surface area (Å²) < 4.78 is 12.2. The Bertz CT molecular complexity index is 541. The monoisotopic (exact) mass is 306 g/mol. The molecule has 4 heteroatoms. The molecule has 3 aliphatic rings. The van der Waals surface area contributed by atoms with Gasteiger partial charge in [-0.25, -0.2) is 0 Å². The third-order valence-electron chi connectivity index (χ3n) is 4.89. The van der Waals surface area contributed by atoms with E-state index >= 15 is 0 Å². The van der Waals surface area contributed by atoms with E-state index in [1.807, 2.05) is 26.8 Å². The number of rotatable bonds is 0. The lowest BCUT2D eigenvalue weighted by Gasteiger charge is -2.36. The highest BCUT2D eigenvalue weighted by molar-refractivity contribution is 6.83. The van der Waals surface area contributed by atoms with Gasteiger partial charge in [0, 0.05) is 11.8 Å². The average Bonchev–Trinajstić information content (AvgIpc) is 3.10. The second-order valence-electron chi connectivity index (χ2n) is 7.91. The molecule has 1 aliphatic heterocycles. The Hall–Kier alpha value is -0.603. The number of hydrogen-bond donors (Lipinski definition) is 1. The lowest BCUT2D eigenvalue weighted by atomic mass is 9.82. The van der Waals surface area contributed by atoms with Gasteiger partial charge in [-0.3, -0.25) is 0 Å². The van der Waals surface area contributed by atoms with Crippen LogP contribution in [-0.4, -0.2) is 36.8 Å². The molecule has 3 rings (SSSR count). The van der Waals surface area contributed by atoms with Gasteiger partial charge in [0.1, 0.15) is 13.7 Å². The second-order valence-corrected chi connectivity index (χ2v) is 12.7. The minimum absolute atomic E-state index is 0.0922. The number of fused-ring (bicyclic) bond motifs is 2. The molecule has 0 radical (unpaired) electrons. The van der Waals surface area contributed by atoms with Crippen LogP contribution >= 0.6 is 0 Å². The quantitative estimate of drug-likeness (QED) is 0.425. The largest absolute Gasteiger partial charge is 0.373 e. The molecule has 0 bridgehead atoms. The van der Waals surface area contributed by atoms with Gasteiger partial charge in [-0.05, 0) is 38.8 Å². The predicted molar refractivity (Wildman–Crippen MR) is 85.3 cm³/mol. The fourth-order valence-corrected chi connectivity index (χ4v) is 4.00. The molecule has 2 aliphatic carbocycles. The highest BCUT2D eigenvalue weighted by atomic mass is 28.3. The molecule has 5 unspecified atom stereocenters. The summed E-state index contributed by atoms with van der Waals surface area (Å²) in [6.07, 6.45) is 3.09. The van der Waals surface area contributed by atoms with Crippen molar-refractivity contribution in [3.05, 3.63) is 11.6 Å². The minimum Gasteiger partial charge on any atom is -0.373 e. The molecule has 1 heterocycles. The Balaban J connectivity index is 1.94. The van der Waals surface area contributed by atoms with Crippen molar-refractivity contribution < 1.29 is 14.6 Å². The van der Waals surface area contributed by atoms with Gasteiger partial charge < -0.3 is 14.6 Å². The Morgan fingerprint density at radius 3 is 2.29 bits per heavy atom. The Kier molecular flexibility index (Phi) is 3.24. The van der Waals surface area contributed by atoms with E-state index in [4.69, 9.17) is 9.47 Å². The van der Waals surface area contributed by atoms with Crippen LogP contribution in [-0.2, 0) is 9.47 Å². The van der Waals surface area contributed by atoms with E-state index in [2.05, 4.69) is 31.1 Å². The van der Waals surface area contributed by atoms with E-state index in [9.17, 15) is 5.11 Å². The first-order chi connectivity index (χ1) is 9.57. The van der Waals surface area contributed by atoms with Crippen molar-refractivity contribution in [2.75, 3.05) is 0 Å². The summed E-state index contributed by atoms with van der Waals surface area (Å²) in [6.45, 7) is 12.6.